The van der Waals surface area contributed by atoms with Gasteiger partial charge in [0.2, 0.25) is 0 Å². The van der Waals surface area contributed by atoms with Crippen molar-refractivity contribution in [2.24, 2.45) is 0 Å². The minimum absolute atomic E-state index is 0.0506. The van der Waals surface area contributed by atoms with Crippen LogP contribution in [-0.2, 0) is 28.6 Å². The number of methoxy groups -OCH3 is 1. The van der Waals surface area contributed by atoms with Crippen LogP contribution < -0.4 is 14.2 Å². The second kappa shape index (κ2) is 25.8. The fourth-order valence-corrected chi connectivity index (χ4v) is 5.42. The molecule has 0 N–H and O–H groups in total. The Hall–Kier alpha value is -6.16. The fraction of sp³-hybridized carbons (Fsp3) is 0.319. The van der Waals surface area contributed by atoms with E-state index in [2.05, 4.69) is 43.9 Å². The van der Waals surface area contributed by atoms with E-state index < -0.39 is 17.9 Å². The molecule has 0 amide bonds. The predicted molar refractivity (Wildman–Crippen MR) is 221 cm³/mol. The zero-order valence-corrected chi connectivity index (χ0v) is 33.2. The van der Waals surface area contributed by atoms with Crippen molar-refractivity contribution in [2.45, 2.75) is 77.7 Å². The van der Waals surface area contributed by atoms with Crippen molar-refractivity contribution in [1.29, 1.82) is 0 Å². The van der Waals surface area contributed by atoms with E-state index in [1.54, 1.807) is 43.5 Å². The monoisotopic (exact) mass is 778 g/mol. The molecule has 4 aromatic carbocycles. The molecular weight excluding hydrogens is 725 g/mol. The number of carbonyl (C=O) groups is 4. The van der Waals surface area contributed by atoms with Crippen molar-refractivity contribution in [3.05, 3.63) is 128 Å². The minimum Gasteiger partial charge on any atom is -0.497 e. The van der Waals surface area contributed by atoms with E-state index in [0.717, 1.165) is 54.2 Å². The molecule has 0 aliphatic heterocycles. The average molecular weight is 779 g/mol. The maximum Gasteiger partial charge on any atom is 0.343 e. The first-order chi connectivity index (χ1) is 27.7. The number of hydrogen-bond acceptors (Lipinski definition) is 10. The van der Waals surface area contributed by atoms with Crippen LogP contribution in [0.4, 0.5) is 0 Å². The lowest BCUT2D eigenvalue weighted by Crippen LogP contribution is -2.22. The topological polar surface area (TPSA) is 124 Å². The summed E-state index contributed by atoms with van der Waals surface area (Å²) in [4.78, 5) is 45.9. The van der Waals surface area contributed by atoms with Gasteiger partial charge in [-0.1, -0.05) is 94.8 Å². The summed E-state index contributed by atoms with van der Waals surface area (Å²) in [6, 6.07) is 30.2. The van der Waals surface area contributed by atoms with Gasteiger partial charge in [-0.15, -0.1) is 0 Å². The zero-order chi connectivity index (χ0) is 41.3. The Morgan fingerprint density at radius 1 is 0.702 bits per heavy atom. The standard InChI is InChI=1S/C40H40O8.C4H10.C3H4O2/c1-28(27-38(41)47-36-7-4-3-5-8-36)39(42)46-26-6-25-45-35-21-13-31(14-22-35)29-9-11-30(12-10-29)32-15-23-37(24-16-32)48-40(43)33-17-19-34(44-2)20-18-33;1-3-4-2;1-2-5-3-4/h9-24,36H,1,3-8,25-27H2,2H3;3-4H2,1-2H3;2-3H,1H2. The number of hydrogen-bond donors (Lipinski definition) is 0. The Labute approximate surface area is 336 Å². The Bertz CT molecular complexity index is 1820. The van der Waals surface area contributed by atoms with Crippen molar-refractivity contribution >= 4 is 24.4 Å². The van der Waals surface area contributed by atoms with Crippen LogP contribution in [0.15, 0.2) is 122 Å². The maximum atomic E-state index is 12.5. The largest absolute Gasteiger partial charge is 0.497 e. The van der Waals surface area contributed by atoms with Crippen molar-refractivity contribution < 1.29 is 47.6 Å². The highest BCUT2D eigenvalue weighted by Gasteiger charge is 2.20. The number of unbranched alkanes of at least 4 members (excludes halogenated alkanes) is 1. The van der Waals surface area contributed by atoms with E-state index in [1.807, 2.05) is 48.5 Å². The Morgan fingerprint density at radius 2 is 1.21 bits per heavy atom. The Morgan fingerprint density at radius 3 is 1.68 bits per heavy atom. The van der Waals surface area contributed by atoms with E-state index in [-0.39, 0.29) is 24.7 Å². The predicted octanol–water partition coefficient (Wildman–Crippen LogP) is 10.5. The summed E-state index contributed by atoms with van der Waals surface area (Å²) in [6.45, 7) is 12.0. The highest BCUT2D eigenvalue weighted by molar-refractivity contribution is 5.93. The smallest absolute Gasteiger partial charge is 0.343 e. The molecule has 0 spiro atoms. The van der Waals surface area contributed by atoms with Crippen molar-refractivity contribution in [3.8, 4) is 39.5 Å². The second-order valence-electron chi connectivity index (χ2n) is 13.0. The first kappa shape index (κ1) is 45.2. The molecule has 1 aliphatic carbocycles. The molecule has 57 heavy (non-hydrogen) atoms. The SMILES string of the molecule is C=C(CC(=O)OC1CCCCC1)C(=O)OCCCOc1ccc(-c2ccc(-c3ccc(OC(=O)c4ccc(OC)cc4)cc3)cc2)cc1.C=COC=O.CCCC. The first-order valence-electron chi connectivity index (χ1n) is 19.3. The van der Waals surface area contributed by atoms with Crippen LogP contribution in [0.3, 0.4) is 0 Å². The fourth-order valence-electron chi connectivity index (χ4n) is 5.42. The van der Waals surface area contributed by atoms with Crippen LogP contribution in [-0.4, -0.2) is 50.8 Å². The van der Waals surface area contributed by atoms with Gasteiger partial charge in [0, 0.05) is 12.0 Å². The van der Waals surface area contributed by atoms with Crippen LogP contribution in [0.1, 0.15) is 82.0 Å². The van der Waals surface area contributed by atoms with Gasteiger partial charge in [0.15, 0.2) is 0 Å². The van der Waals surface area contributed by atoms with Gasteiger partial charge < -0.3 is 28.4 Å². The summed E-state index contributed by atoms with van der Waals surface area (Å²) in [5, 5.41) is 0. The number of rotatable bonds is 17. The summed E-state index contributed by atoms with van der Waals surface area (Å²) in [6.07, 6.45) is 9.06. The van der Waals surface area contributed by atoms with Crippen molar-refractivity contribution in [3.63, 3.8) is 0 Å². The molecule has 4 aromatic rings. The summed E-state index contributed by atoms with van der Waals surface area (Å²) in [7, 11) is 1.57. The minimum atomic E-state index is -0.589. The molecule has 10 nitrogen and oxygen atoms in total. The lowest BCUT2D eigenvalue weighted by atomic mass is 9.98. The number of esters is 3. The third-order valence-electron chi connectivity index (χ3n) is 8.74. The molecule has 302 valence electrons. The van der Waals surface area contributed by atoms with Gasteiger partial charge in [-0.25, -0.2) is 9.59 Å². The third-order valence-corrected chi connectivity index (χ3v) is 8.74. The van der Waals surface area contributed by atoms with E-state index in [4.69, 9.17) is 28.5 Å². The van der Waals surface area contributed by atoms with Gasteiger partial charge >= 0.3 is 17.9 Å². The molecule has 1 fully saturated rings. The molecule has 0 saturated heterocycles. The molecule has 0 radical (unpaired) electrons. The van der Waals surface area contributed by atoms with E-state index in [9.17, 15) is 14.4 Å². The Balaban J connectivity index is 0.000000872. The van der Waals surface area contributed by atoms with Gasteiger partial charge in [0.25, 0.3) is 6.47 Å². The molecule has 5 rings (SSSR count). The van der Waals surface area contributed by atoms with Crippen molar-refractivity contribution in [2.75, 3.05) is 20.3 Å². The molecule has 1 saturated carbocycles. The average Bonchev–Trinajstić information content (AvgIpc) is 3.25. The summed E-state index contributed by atoms with van der Waals surface area (Å²) in [5.74, 6) is 0.407. The van der Waals surface area contributed by atoms with Gasteiger partial charge in [-0.05, 0) is 96.5 Å². The quantitative estimate of drug-likeness (QED) is 0.0195. The molecular formula is C47H54O10. The molecule has 0 aromatic heterocycles. The number of benzene rings is 4. The third kappa shape index (κ3) is 16.6. The summed E-state index contributed by atoms with van der Waals surface area (Å²) < 4.78 is 31.1. The van der Waals surface area contributed by atoms with E-state index in [0.29, 0.717) is 42.3 Å². The lowest BCUT2D eigenvalue weighted by molar-refractivity contribution is -0.151. The molecule has 0 heterocycles. The number of ether oxygens (including phenoxy) is 6. The van der Waals surface area contributed by atoms with Gasteiger partial charge in [0.05, 0.1) is 38.6 Å². The first-order valence-corrected chi connectivity index (χ1v) is 19.3. The van der Waals surface area contributed by atoms with E-state index in [1.165, 1.54) is 19.3 Å². The molecule has 0 unspecified atom stereocenters. The Kier molecular flexibility index (Phi) is 20.5. The molecule has 10 heteroatoms. The summed E-state index contributed by atoms with van der Waals surface area (Å²) in [5.41, 5.74) is 4.69. The van der Waals surface area contributed by atoms with Crippen LogP contribution in [0.2, 0.25) is 0 Å². The molecule has 0 atom stereocenters. The maximum absolute atomic E-state index is 12.5. The van der Waals surface area contributed by atoms with E-state index >= 15 is 0 Å². The molecule has 0 bridgehead atoms. The van der Waals surface area contributed by atoms with Gasteiger partial charge in [0.1, 0.15) is 23.4 Å². The molecule has 1 aliphatic rings. The zero-order valence-electron chi connectivity index (χ0n) is 33.2. The van der Waals surface area contributed by atoms with Crippen LogP contribution in [0.25, 0.3) is 22.3 Å². The summed E-state index contributed by atoms with van der Waals surface area (Å²) >= 11 is 0. The normalized spacial score (nSPS) is 11.8. The number of carbonyl (C=O) groups excluding carboxylic acids is 4. The van der Waals surface area contributed by atoms with Crippen LogP contribution in [0, 0.1) is 0 Å². The van der Waals surface area contributed by atoms with Crippen LogP contribution in [0.5, 0.6) is 17.2 Å². The highest BCUT2D eigenvalue weighted by atomic mass is 16.6. The second-order valence-corrected chi connectivity index (χ2v) is 13.0. The lowest BCUT2D eigenvalue weighted by Gasteiger charge is -2.21. The highest BCUT2D eigenvalue weighted by Crippen LogP contribution is 2.28. The van der Waals surface area contributed by atoms with Crippen LogP contribution >= 0.6 is 0 Å². The van der Waals surface area contributed by atoms with Gasteiger partial charge in [-0.3, -0.25) is 9.59 Å². The van der Waals surface area contributed by atoms with Crippen molar-refractivity contribution in [1.82, 2.24) is 0 Å². The van der Waals surface area contributed by atoms with Gasteiger partial charge in [-0.2, -0.15) is 0 Å².